The summed E-state index contributed by atoms with van der Waals surface area (Å²) in [6.45, 7) is 5.09. The van der Waals surface area contributed by atoms with E-state index in [1.165, 1.54) is 12.1 Å². The highest BCUT2D eigenvalue weighted by Crippen LogP contribution is 2.20. The Hall–Kier alpha value is -1.71. The first-order chi connectivity index (χ1) is 8.31. The highest BCUT2D eigenvalue weighted by molar-refractivity contribution is 5.99. The van der Waals surface area contributed by atoms with Gasteiger partial charge in [0.05, 0.1) is 0 Å². The Balaban J connectivity index is 2.88. The SMILES string of the molecule is Cc1cc(F)cc(C)c1C(=O)CC(C)CC(=O)O. The summed E-state index contributed by atoms with van der Waals surface area (Å²) < 4.78 is 13.1. The van der Waals surface area contributed by atoms with E-state index in [0.29, 0.717) is 16.7 Å². The van der Waals surface area contributed by atoms with Crippen LogP contribution in [-0.2, 0) is 4.79 Å². The summed E-state index contributed by atoms with van der Waals surface area (Å²) in [5.41, 5.74) is 1.70. The van der Waals surface area contributed by atoms with Gasteiger partial charge in [-0.25, -0.2) is 4.39 Å². The van der Waals surface area contributed by atoms with E-state index in [1.807, 2.05) is 0 Å². The van der Waals surface area contributed by atoms with Crippen molar-refractivity contribution in [1.82, 2.24) is 0 Å². The maximum atomic E-state index is 13.1. The fourth-order valence-electron chi connectivity index (χ4n) is 2.14. The zero-order valence-electron chi connectivity index (χ0n) is 10.8. The lowest BCUT2D eigenvalue weighted by atomic mass is 9.92. The number of aliphatic carboxylic acids is 1. The molecule has 1 N–H and O–H groups in total. The standard InChI is InChI=1S/C14H17FO3/c1-8(5-13(17)18)4-12(16)14-9(2)6-11(15)7-10(14)3/h6-8H,4-5H2,1-3H3,(H,17,18). The number of halogens is 1. The molecule has 1 unspecified atom stereocenters. The number of ketones is 1. The normalized spacial score (nSPS) is 12.2. The topological polar surface area (TPSA) is 54.4 Å². The Labute approximate surface area is 106 Å². The molecule has 0 aliphatic rings. The third-order valence-electron chi connectivity index (χ3n) is 2.83. The van der Waals surface area contributed by atoms with Gasteiger partial charge in [-0.3, -0.25) is 9.59 Å². The van der Waals surface area contributed by atoms with E-state index in [0.717, 1.165) is 0 Å². The number of Topliss-reactive ketones (excluding diaryl/α,β-unsaturated/α-hetero) is 1. The Morgan fingerprint density at radius 1 is 1.22 bits per heavy atom. The van der Waals surface area contributed by atoms with Crippen LogP contribution in [0.15, 0.2) is 12.1 Å². The van der Waals surface area contributed by atoms with Gasteiger partial charge in [-0.05, 0) is 43.0 Å². The van der Waals surface area contributed by atoms with Gasteiger partial charge >= 0.3 is 5.97 Å². The molecule has 4 heteroatoms. The predicted octanol–water partition coefficient (Wildman–Crippen LogP) is 3.13. The van der Waals surface area contributed by atoms with Gasteiger partial charge in [0.1, 0.15) is 5.82 Å². The van der Waals surface area contributed by atoms with Crippen LogP contribution < -0.4 is 0 Å². The number of hydrogen-bond donors (Lipinski definition) is 1. The number of carboxylic acid groups (broad SMARTS) is 1. The van der Waals surface area contributed by atoms with Crippen molar-refractivity contribution in [2.24, 2.45) is 5.92 Å². The number of carbonyl (C=O) groups excluding carboxylic acids is 1. The quantitative estimate of drug-likeness (QED) is 0.819. The van der Waals surface area contributed by atoms with Gasteiger partial charge in [0, 0.05) is 18.4 Å². The van der Waals surface area contributed by atoms with Crippen molar-refractivity contribution in [3.05, 3.63) is 34.6 Å². The molecule has 0 heterocycles. The minimum absolute atomic E-state index is 0.0367. The van der Waals surface area contributed by atoms with Gasteiger partial charge < -0.3 is 5.11 Å². The Morgan fingerprint density at radius 2 is 1.72 bits per heavy atom. The zero-order chi connectivity index (χ0) is 13.9. The predicted molar refractivity (Wildman–Crippen MR) is 66.2 cm³/mol. The van der Waals surface area contributed by atoms with Crippen molar-refractivity contribution in [3.63, 3.8) is 0 Å². The van der Waals surface area contributed by atoms with Crippen molar-refractivity contribution in [2.45, 2.75) is 33.6 Å². The molecule has 0 saturated carbocycles. The van der Waals surface area contributed by atoms with Crippen molar-refractivity contribution < 1.29 is 19.1 Å². The van der Waals surface area contributed by atoms with Crippen LogP contribution in [0.1, 0.15) is 41.3 Å². The van der Waals surface area contributed by atoms with Gasteiger partial charge in [0.15, 0.2) is 5.78 Å². The van der Waals surface area contributed by atoms with Crippen LogP contribution >= 0.6 is 0 Å². The van der Waals surface area contributed by atoms with Crippen molar-refractivity contribution in [3.8, 4) is 0 Å². The van der Waals surface area contributed by atoms with Crippen LogP contribution in [0.4, 0.5) is 4.39 Å². The third kappa shape index (κ3) is 3.65. The monoisotopic (exact) mass is 252 g/mol. The van der Waals surface area contributed by atoms with Gasteiger partial charge in [-0.1, -0.05) is 6.92 Å². The first-order valence-corrected chi connectivity index (χ1v) is 5.83. The van der Waals surface area contributed by atoms with E-state index in [2.05, 4.69) is 0 Å². The van der Waals surface area contributed by atoms with Crippen LogP contribution in [-0.4, -0.2) is 16.9 Å². The second kappa shape index (κ2) is 5.76. The molecule has 0 aliphatic heterocycles. The molecule has 1 aromatic carbocycles. The molecule has 98 valence electrons. The number of aryl methyl sites for hydroxylation is 2. The average molecular weight is 252 g/mol. The Bertz CT molecular complexity index is 457. The molecular weight excluding hydrogens is 235 g/mol. The summed E-state index contributed by atoms with van der Waals surface area (Å²) >= 11 is 0. The summed E-state index contributed by atoms with van der Waals surface area (Å²) in [5.74, 6) is -1.62. The molecule has 1 aromatic rings. The molecule has 0 radical (unpaired) electrons. The van der Waals surface area contributed by atoms with Crippen LogP contribution in [0, 0.1) is 25.6 Å². The van der Waals surface area contributed by atoms with Crippen molar-refractivity contribution >= 4 is 11.8 Å². The van der Waals surface area contributed by atoms with Gasteiger partial charge in [0.25, 0.3) is 0 Å². The van der Waals surface area contributed by atoms with E-state index in [1.54, 1.807) is 20.8 Å². The lowest BCUT2D eigenvalue weighted by Gasteiger charge is -2.12. The lowest BCUT2D eigenvalue weighted by molar-refractivity contribution is -0.137. The number of benzene rings is 1. The van der Waals surface area contributed by atoms with E-state index in [-0.39, 0.29) is 30.4 Å². The first-order valence-electron chi connectivity index (χ1n) is 5.83. The fourth-order valence-corrected chi connectivity index (χ4v) is 2.14. The molecule has 0 amide bonds. The smallest absolute Gasteiger partial charge is 0.303 e. The Kier molecular flexibility index (Phi) is 4.59. The Morgan fingerprint density at radius 3 is 2.17 bits per heavy atom. The van der Waals surface area contributed by atoms with E-state index >= 15 is 0 Å². The largest absolute Gasteiger partial charge is 0.481 e. The highest BCUT2D eigenvalue weighted by Gasteiger charge is 2.18. The summed E-state index contributed by atoms with van der Waals surface area (Å²) in [4.78, 5) is 22.6. The van der Waals surface area contributed by atoms with Gasteiger partial charge in [0.2, 0.25) is 0 Å². The van der Waals surface area contributed by atoms with E-state index in [4.69, 9.17) is 5.11 Å². The summed E-state index contributed by atoms with van der Waals surface area (Å²) in [5, 5.41) is 8.65. The number of rotatable bonds is 5. The average Bonchev–Trinajstić information content (AvgIpc) is 2.12. The molecule has 0 aromatic heterocycles. The minimum Gasteiger partial charge on any atom is -0.481 e. The minimum atomic E-state index is -0.914. The summed E-state index contributed by atoms with van der Waals surface area (Å²) in [6, 6.07) is 2.64. The number of carbonyl (C=O) groups is 2. The van der Waals surface area contributed by atoms with Gasteiger partial charge in [-0.2, -0.15) is 0 Å². The second-order valence-electron chi connectivity index (χ2n) is 4.74. The number of carboxylic acids is 1. The molecule has 18 heavy (non-hydrogen) atoms. The molecule has 0 bridgehead atoms. The van der Waals surface area contributed by atoms with Crippen molar-refractivity contribution in [2.75, 3.05) is 0 Å². The lowest BCUT2D eigenvalue weighted by Crippen LogP contribution is -2.12. The molecule has 0 saturated heterocycles. The fraction of sp³-hybridized carbons (Fsp3) is 0.429. The van der Waals surface area contributed by atoms with E-state index in [9.17, 15) is 14.0 Å². The van der Waals surface area contributed by atoms with Crippen LogP contribution in [0.25, 0.3) is 0 Å². The maximum absolute atomic E-state index is 13.1. The molecule has 1 atom stereocenters. The molecule has 0 spiro atoms. The molecule has 3 nitrogen and oxygen atoms in total. The molecule has 0 aliphatic carbocycles. The van der Waals surface area contributed by atoms with Crippen LogP contribution in [0.5, 0.6) is 0 Å². The number of hydrogen-bond acceptors (Lipinski definition) is 2. The molecular formula is C14H17FO3. The van der Waals surface area contributed by atoms with Crippen LogP contribution in [0.3, 0.4) is 0 Å². The maximum Gasteiger partial charge on any atom is 0.303 e. The molecule has 1 rings (SSSR count). The third-order valence-corrected chi connectivity index (χ3v) is 2.83. The van der Waals surface area contributed by atoms with Crippen molar-refractivity contribution in [1.29, 1.82) is 0 Å². The molecule has 0 fully saturated rings. The summed E-state index contributed by atoms with van der Waals surface area (Å²) in [7, 11) is 0. The first kappa shape index (κ1) is 14.4. The second-order valence-corrected chi connectivity index (χ2v) is 4.74. The van der Waals surface area contributed by atoms with Crippen LogP contribution in [0.2, 0.25) is 0 Å². The summed E-state index contributed by atoms with van der Waals surface area (Å²) in [6.07, 6.45) is 0.130. The highest BCUT2D eigenvalue weighted by atomic mass is 19.1. The zero-order valence-corrected chi connectivity index (χ0v) is 10.8. The van der Waals surface area contributed by atoms with Gasteiger partial charge in [-0.15, -0.1) is 0 Å². The van der Waals surface area contributed by atoms with E-state index < -0.39 is 5.97 Å².